The number of carbonyl (C=O) groups excluding carboxylic acids is 1. The van der Waals surface area contributed by atoms with Crippen molar-refractivity contribution in [3.63, 3.8) is 0 Å². The summed E-state index contributed by atoms with van der Waals surface area (Å²) in [7, 11) is -7.69. The van der Waals surface area contributed by atoms with Crippen molar-refractivity contribution in [2.24, 2.45) is 0 Å². The number of benzene rings is 1. The minimum atomic E-state index is -4.17. The second-order valence-corrected chi connectivity index (χ2v) is 8.78. The third-order valence-electron chi connectivity index (χ3n) is 3.16. The number of nitrogens with zero attached hydrogens (tertiary/aromatic N) is 1. The van der Waals surface area contributed by atoms with E-state index in [2.05, 4.69) is 10.0 Å². The first-order valence-corrected chi connectivity index (χ1v) is 9.76. The Morgan fingerprint density at radius 3 is 2.65 bits per heavy atom. The fourth-order valence-corrected chi connectivity index (χ4v) is 4.71. The molecule has 0 unspecified atom stereocenters. The number of sulfonamides is 2. The number of halogens is 1. The summed E-state index contributed by atoms with van der Waals surface area (Å²) in [6.07, 6.45) is 0. The molecule has 2 N–H and O–H groups in total. The lowest BCUT2D eigenvalue weighted by molar-refractivity contribution is -0.114. The van der Waals surface area contributed by atoms with E-state index in [0.29, 0.717) is 0 Å². The van der Waals surface area contributed by atoms with Gasteiger partial charge in [-0.3, -0.25) is 4.79 Å². The quantitative estimate of drug-likeness (QED) is 0.764. The molecule has 1 heterocycles. The highest BCUT2D eigenvalue weighted by molar-refractivity contribution is 7.90. The van der Waals surface area contributed by atoms with Gasteiger partial charge in [-0.25, -0.2) is 25.9 Å². The second-order valence-electron chi connectivity index (χ2n) is 4.94. The van der Waals surface area contributed by atoms with Crippen LogP contribution in [0.4, 0.5) is 10.1 Å². The number of anilines is 1. The molecule has 0 aliphatic carbocycles. The predicted molar refractivity (Wildman–Crippen MR) is 81.3 cm³/mol. The summed E-state index contributed by atoms with van der Waals surface area (Å²) in [5, 5.41) is 2.35. The Hall–Kier alpha value is -1.56. The molecule has 0 aromatic heterocycles. The second kappa shape index (κ2) is 6.51. The Bertz CT molecular complexity index is 823. The number of carbonyl (C=O) groups is 1. The van der Waals surface area contributed by atoms with Crippen LogP contribution in [0.1, 0.15) is 6.92 Å². The molecule has 1 aliphatic heterocycles. The highest BCUT2D eigenvalue weighted by atomic mass is 32.2. The van der Waals surface area contributed by atoms with E-state index >= 15 is 0 Å². The average molecular weight is 365 g/mol. The van der Waals surface area contributed by atoms with Gasteiger partial charge in [-0.1, -0.05) is 0 Å². The smallest absolute Gasteiger partial charge is 0.246 e. The zero-order chi connectivity index (χ0) is 17.3. The maximum Gasteiger partial charge on any atom is 0.246 e. The lowest BCUT2D eigenvalue weighted by Gasteiger charge is -2.19. The molecule has 0 bridgehead atoms. The largest absolute Gasteiger partial charge is 0.326 e. The van der Waals surface area contributed by atoms with Gasteiger partial charge >= 0.3 is 0 Å². The van der Waals surface area contributed by atoms with Crippen LogP contribution in [0, 0.1) is 5.82 Å². The molecule has 1 fully saturated rings. The van der Waals surface area contributed by atoms with Gasteiger partial charge in [0.05, 0.1) is 5.75 Å². The topological polar surface area (TPSA) is 113 Å². The first-order valence-electron chi connectivity index (χ1n) is 6.66. The molecule has 128 valence electrons. The number of hydrogen-bond acceptors (Lipinski definition) is 5. The summed E-state index contributed by atoms with van der Waals surface area (Å²) < 4.78 is 65.1. The molecule has 0 radical (unpaired) electrons. The molecule has 1 aliphatic rings. The maximum atomic E-state index is 14.1. The van der Waals surface area contributed by atoms with Crippen LogP contribution in [0.15, 0.2) is 23.1 Å². The summed E-state index contributed by atoms with van der Waals surface area (Å²) in [5.74, 6) is -1.82. The van der Waals surface area contributed by atoms with Crippen molar-refractivity contribution in [2.75, 3.05) is 30.7 Å². The van der Waals surface area contributed by atoms with E-state index in [1.807, 2.05) is 0 Å². The molecular weight excluding hydrogens is 349 g/mol. The van der Waals surface area contributed by atoms with Crippen LogP contribution in [-0.4, -0.2) is 52.4 Å². The number of hydrogen-bond donors (Lipinski definition) is 2. The third-order valence-corrected chi connectivity index (χ3v) is 6.46. The van der Waals surface area contributed by atoms with E-state index in [9.17, 15) is 26.0 Å². The lowest BCUT2D eigenvalue weighted by Crippen LogP contribution is -2.35. The molecule has 1 saturated heterocycles. The van der Waals surface area contributed by atoms with Crippen LogP contribution >= 0.6 is 0 Å². The Morgan fingerprint density at radius 2 is 2.04 bits per heavy atom. The van der Waals surface area contributed by atoms with Crippen LogP contribution in [0.2, 0.25) is 0 Å². The normalized spacial score (nSPS) is 19.0. The van der Waals surface area contributed by atoms with Crippen molar-refractivity contribution in [3.05, 3.63) is 24.0 Å². The molecular formula is C12H16FN3O5S2. The molecule has 1 aromatic rings. The van der Waals surface area contributed by atoms with Gasteiger partial charge in [0, 0.05) is 32.2 Å². The molecule has 1 aromatic carbocycles. The Morgan fingerprint density at radius 1 is 1.35 bits per heavy atom. The van der Waals surface area contributed by atoms with Crippen molar-refractivity contribution >= 4 is 31.6 Å². The fraction of sp³-hybridized carbons (Fsp3) is 0.417. The van der Waals surface area contributed by atoms with Crippen LogP contribution < -0.4 is 10.0 Å². The standard InChI is InChI=1S/C12H16FN3O5S2/c1-9(17)15-10-2-3-12(11(13)8-10)23(20,21)16-5-4-14-22(18,19)7-6-16/h2-3,8,14H,4-7H2,1H3,(H,15,17). The van der Waals surface area contributed by atoms with Crippen LogP contribution in [-0.2, 0) is 24.8 Å². The molecule has 0 spiro atoms. The predicted octanol–water partition coefficient (Wildman–Crippen LogP) is -0.292. The van der Waals surface area contributed by atoms with Crippen molar-refractivity contribution in [1.82, 2.24) is 9.03 Å². The minimum Gasteiger partial charge on any atom is -0.326 e. The van der Waals surface area contributed by atoms with Gasteiger partial charge in [-0.05, 0) is 18.2 Å². The molecule has 0 saturated carbocycles. The van der Waals surface area contributed by atoms with Gasteiger partial charge in [0.1, 0.15) is 10.7 Å². The summed E-state index contributed by atoms with van der Waals surface area (Å²) in [5.41, 5.74) is 0.133. The van der Waals surface area contributed by atoms with Gasteiger partial charge < -0.3 is 5.32 Å². The molecule has 11 heteroatoms. The molecule has 23 heavy (non-hydrogen) atoms. The molecule has 1 amide bonds. The van der Waals surface area contributed by atoms with E-state index in [0.717, 1.165) is 16.4 Å². The Labute approximate surface area is 133 Å². The zero-order valence-corrected chi connectivity index (χ0v) is 13.9. The third kappa shape index (κ3) is 4.25. The van der Waals surface area contributed by atoms with Crippen molar-refractivity contribution < 1.29 is 26.0 Å². The van der Waals surface area contributed by atoms with Crippen molar-refractivity contribution in [1.29, 1.82) is 0 Å². The minimum absolute atomic E-state index is 0.0762. The summed E-state index contributed by atoms with van der Waals surface area (Å²) in [4.78, 5) is 10.4. The lowest BCUT2D eigenvalue weighted by atomic mass is 10.3. The Kier molecular flexibility index (Phi) is 5.04. The summed E-state index contributed by atoms with van der Waals surface area (Å²) in [6, 6.07) is 3.22. The van der Waals surface area contributed by atoms with Crippen molar-refractivity contribution in [3.8, 4) is 0 Å². The first-order chi connectivity index (χ1) is 10.6. The van der Waals surface area contributed by atoms with E-state index in [1.54, 1.807) is 0 Å². The first kappa shape index (κ1) is 17.8. The van der Waals surface area contributed by atoms with E-state index in [4.69, 9.17) is 0 Å². The highest BCUT2D eigenvalue weighted by Gasteiger charge is 2.30. The SMILES string of the molecule is CC(=O)Nc1ccc(S(=O)(=O)N2CCNS(=O)(=O)CC2)c(F)c1. The molecule has 2 rings (SSSR count). The monoisotopic (exact) mass is 365 g/mol. The van der Waals surface area contributed by atoms with Gasteiger partial charge in [-0.2, -0.15) is 4.31 Å². The molecule has 8 nitrogen and oxygen atoms in total. The highest BCUT2D eigenvalue weighted by Crippen LogP contribution is 2.23. The van der Waals surface area contributed by atoms with Crippen molar-refractivity contribution in [2.45, 2.75) is 11.8 Å². The number of amides is 1. The van der Waals surface area contributed by atoms with E-state index in [-0.39, 0.29) is 25.3 Å². The van der Waals surface area contributed by atoms with Gasteiger partial charge in [0.25, 0.3) is 0 Å². The van der Waals surface area contributed by atoms with Gasteiger partial charge in [-0.15, -0.1) is 0 Å². The molecule has 0 atom stereocenters. The zero-order valence-electron chi connectivity index (χ0n) is 12.2. The van der Waals surface area contributed by atoms with Crippen LogP contribution in [0.5, 0.6) is 0 Å². The van der Waals surface area contributed by atoms with E-state index in [1.165, 1.54) is 13.0 Å². The number of nitrogens with one attached hydrogen (secondary N) is 2. The van der Waals surface area contributed by atoms with Crippen LogP contribution in [0.25, 0.3) is 0 Å². The summed E-state index contributed by atoms with van der Waals surface area (Å²) in [6.45, 7) is 0.819. The van der Waals surface area contributed by atoms with E-state index < -0.39 is 42.4 Å². The maximum absolute atomic E-state index is 14.1. The fourth-order valence-electron chi connectivity index (χ4n) is 2.10. The summed E-state index contributed by atoms with van der Waals surface area (Å²) >= 11 is 0. The average Bonchev–Trinajstić information content (AvgIpc) is 2.59. The van der Waals surface area contributed by atoms with Crippen LogP contribution in [0.3, 0.4) is 0 Å². The van der Waals surface area contributed by atoms with Gasteiger partial charge in [0.2, 0.25) is 26.0 Å². The number of rotatable bonds is 3. The van der Waals surface area contributed by atoms with Gasteiger partial charge in [0.15, 0.2) is 0 Å². The Balaban J connectivity index is 2.30.